The molecular weight excluding hydrogens is 314 g/mol. The van der Waals surface area contributed by atoms with Crippen molar-refractivity contribution < 1.29 is 14.3 Å². The molecule has 114 valence electrons. The average molecular weight is 330 g/mol. The van der Waals surface area contributed by atoms with Crippen LogP contribution in [0.1, 0.15) is 23.5 Å². The van der Waals surface area contributed by atoms with Gasteiger partial charge in [0.25, 0.3) is 5.91 Å². The molecule has 2 aliphatic rings. The predicted octanol–water partition coefficient (Wildman–Crippen LogP) is 1.53. The monoisotopic (exact) mass is 329 g/mol. The number of thiazole rings is 1. The van der Waals surface area contributed by atoms with E-state index in [9.17, 15) is 9.59 Å². The second-order valence-corrected chi connectivity index (χ2v) is 6.41. The number of ether oxygens (including phenoxy) is 1. The molecule has 2 aliphatic heterocycles. The third kappa shape index (κ3) is 2.77. The fourth-order valence-corrected chi connectivity index (χ4v) is 3.69. The van der Waals surface area contributed by atoms with Gasteiger partial charge < -0.3 is 10.1 Å². The summed E-state index contributed by atoms with van der Waals surface area (Å²) in [7, 11) is 0. The van der Waals surface area contributed by atoms with Crippen LogP contribution in [-0.2, 0) is 21.8 Å². The number of aromatic nitrogens is 1. The second-order valence-electron chi connectivity index (χ2n) is 5.20. The highest BCUT2D eigenvalue weighted by Gasteiger charge is 2.51. The Morgan fingerprint density at radius 3 is 2.86 bits per heavy atom. The van der Waals surface area contributed by atoms with E-state index in [1.807, 2.05) is 5.38 Å². The molecule has 1 aromatic rings. The first-order valence-corrected chi connectivity index (χ1v) is 8.27. The van der Waals surface area contributed by atoms with Crippen LogP contribution in [-0.4, -0.2) is 47.1 Å². The van der Waals surface area contributed by atoms with Crippen molar-refractivity contribution in [2.75, 3.05) is 19.8 Å². The zero-order chi connectivity index (χ0) is 14.9. The Bertz CT molecular complexity index is 557. The molecule has 3 rings (SSSR count). The predicted molar refractivity (Wildman–Crippen MR) is 78.4 cm³/mol. The number of imide groups is 1. The van der Waals surface area contributed by atoms with Crippen LogP contribution in [0.25, 0.3) is 0 Å². The van der Waals surface area contributed by atoms with Crippen LogP contribution in [0, 0.1) is 0 Å². The molecule has 1 N–H and O–H groups in total. The van der Waals surface area contributed by atoms with E-state index in [1.165, 1.54) is 16.2 Å². The molecule has 1 aromatic heterocycles. The molecule has 0 atom stereocenters. The summed E-state index contributed by atoms with van der Waals surface area (Å²) in [5.74, 6) is 0.243. The first-order valence-electron chi connectivity index (χ1n) is 6.86. The van der Waals surface area contributed by atoms with Gasteiger partial charge in [0.05, 0.1) is 16.6 Å². The molecule has 21 heavy (non-hydrogen) atoms. The van der Waals surface area contributed by atoms with Crippen molar-refractivity contribution in [3.05, 3.63) is 16.1 Å². The first kappa shape index (κ1) is 14.7. The number of nitrogens with one attached hydrogen (secondary N) is 1. The van der Waals surface area contributed by atoms with Crippen LogP contribution in [0.4, 0.5) is 4.79 Å². The summed E-state index contributed by atoms with van der Waals surface area (Å²) in [4.78, 5) is 30.2. The standard InChI is InChI=1S/C13H16ClN3O3S/c14-7-9-8-21-10(15-9)1-4-17-11(18)13(16-12(17)19)2-5-20-6-3-13/h8H,1-7H2,(H,16,19). The molecule has 1 spiro atoms. The van der Waals surface area contributed by atoms with Crippen molar-refractivity contribution in [2.45, 2.75) is 30.7 Å². The van der Waals surface area contributed by atoms with Crippen LogP contribution in [0.5, 0.6) is 0 Å². The maximum absolute atomic E-state index is 12.5. The molecule has 0 bridgehead atoms. The summed E-state index contributed by atoms with van der Waals surface area (Å²) in [5, 5.41) is 5.63. The van der Waals surface area contributed by atoms with Gasteiger partial charge in [-0.05, 0) is 0 Å². The number of nitrogens with zero attached hydrogens (tertiary/aromatic N) is 2. The minimum atomic E-state index is -0.750. The van der Waals surface area contributed by atoms with E-state index in [4.69, 9.17) is 16.3 Å². The zero-order valence-electron chi connectivity index (χ0n) is 11.4. The van der Waals surface area contributed by atoms with E-state index in [2.05, 4.69) is 10.3 Å². The summed E-state index contributed by atoms with van der Waals surface area (Å²) < 4.78 is 5.28. The highest BCUT2D eigenvalue weighted by atomic mass is 35.5. The Morgan fingerprint density at radius 1 is 1.43 bits per heavy atom. The van der Waals surface area contributed by atoms with Gasteiger partial charge in [-0.25, -0.2) is 9.78 Å². The number of carbonyl (C=O) groups is 2. The second kappa shape index (κ2) is 5.90. The van der Waals surface area contributed by atoms with E-state index >= 15 is 0 Å². The number of urea groups is 1. The maximum atomic E-state index is 12.5. The number of alkyl halides is 1. The number of halogens is 1. The lowest BCUT2D eigenvalue weighted by atomic mass is 9.90. The summed E-state index contributed by atoms with van der Waals surface area (Å²) in [6.45, 7) is 1.36. The lowest BCUT2D eigenvalue weighted by Gasteiger charge is -2.30. The summed E-state index contributed by atoms with van der Waals surface area (Å²) in [5.41, 5.74) is 0.0780. The van der Waals surface area contributed by atoms with E-state index in [0.717, 1.165) is 10.7 Å². The van der Waals surface area contributed by atoms with E-state index in [1.54, 1.807) is 0 Å². The topological polar surface area (TPSA) is 71.5 Å². The van der Waals surface area contributed by atoms with Gasteiger partial charge in [0.1, 0.15) is 5.54 Å². The van der Waals surface area contributed by atoms with E-state index < -0.39 is 5.54 Å². The first-order chi connectivity index (χ1) is 10.1. The molecule has 8 heteroatoms. The van der Waals surface area contributed by atoms with Gasteiger partial charge in [-0.15, -0.1) is 22.9 Å². The minimum Gasteiger partial charge on any atom is -0.381 e. The highest BCUT2D eigenvalue weighted by Crippen LogP contribution is 2.28. The molecule has 0 aliphatic carbocycles. The van der Waals surface area contributed by atoms with Crippen molar-refractivity contribution in [3.8, 4) is 0 Å². The fourth-order valence-electron chi connectivity index (χ4n) is 2.67. The van der Waals surface area contributed by atoms with Crippen molar-refractivity contribution >= 4 is 34.9 Å². The Labute approximate surface area is 131 Å². The molecule has 0 radical (unpaired) electrons. The quantitative estimate of drug-likeness (QED) is 0.671. The highest BCUT2D eigenvalue weighted by molar-refractivity contribution is 7.09. The average Bonchev–Trinajstić information content (AvgIpc) is 3.03. The lowest BCUT2D eigenvalue weighted by Crippen LogP contribution is -2.51. The van der Waals surface area contributed by atoms with Crippen LogP contribution < -0.4 is 5.32 Å². The molecule has 2 fully saturated rings. The fraction of sp³-hybridized carbons (Fsp3) is 0.615. The molecule has 0 unspecified atom stereocenters. The summed E-state index contributed by atoms with van der Waals surface area (Å²) in [6, 6.07) is -0.309. The van der Waals surface area contributed by atoms with Gasteiger partial charge in [-0.1, -0.05) is 0 Å². The molecule has 0 saturated carbocycles. The number of rotatable bonds is 4. The smallest absolute Gasteiger partial charge is 0.325 e. The minimum absolute atomic E-state index is 0.134. The largest absolute Gasteiger partial charge is 0.381 e. The lowest BCUT2D eigenvalue weighted by molar-refractivity contribution is -0.134. The molecule has 3 amide bonds. The van der Waals surface area contributed by atoms with Crippen molar-refractivity contribution in [1.29, 1.82) is 0 Å². The Morgan fingerprint density at radius 2 is 2.19 bits per heavy atom. The third-order valence-corrected chi connectivity index (χ3v) is 5.11. The van der Waals surface area contributed by atoms with Crippen LogP contribution in [0.3, 0.4) is 0 Å². The van der Waals surface area contributed by atoms with Gasteiger partial charge in [0, 0.05) is 44.4 Å². The van der Waals surface area contributed by atoms with Crippen LogP contribution in [0.15, 0.2) is 5.38 Å². The zero-order valence-corrected chi connectivity index (χ0v) is 13.0. The Hall–Kier alpha value is -1.18. The van der Waals surface area contributed by atoms with Gasteiger partial charge in [0.15, 0.2) is 0 Å². The maximum Gasteiger partial charge on any atom is 0.325 e. The van der Waals surface area contributed by atoms with Crippen LogP contribution >= 0.6 is 22.9 Å². The van der Waals surface area contributed by atoms with Gasteiger partial charge in [-0.3, -0.25) is 9.69 Å². The SMILES string of the molecule is O=C1NC2(CCOCC2)C(=O)N1CCc1nc(CCl)cs1. The molecule has 6 nitrogen and oxygen atoms in total. The van der Waals surface area contributed by atoms with Crippen molar-refractivity contribution in [3.63, 3.8) is 0 Å². The molecule has 0 aromatic carbocycles. The third-order valence-electron chi connectivity index (χ3n) is 3.88. The van der Waals surface area contributed by atoms with E-state index in [0.29, 0.717) is 44.9 Å². The van der Waals surface area contributed by atoms with E-state index in [-0.39, 0.29) is 11.9 Å². The van der Waals surface area contributed by atoms with Crippen molar-refractivity contribution in [2.24, 2.45) is 0 Å². The normalized spacial score (nSPS) is 21.1. The number of hydrogen-bond acceptors (Lipinski definition) is 5. The van der Waals surface area contributed by atoms with Gasteiger partial charge >= 0.3 is 6.03 Å². The molecule has 2 saturated heterocycles. The van der Waals surface area contributed by atoms with Crippen molar-refractivity contribution in [1.82, 2.24) is 15.2 Å². The Kier molecular flexibility index (Phi) is 4.14. The van der Waals surface area contributed by atoms with Gasteiger partial charge in [0.2, 0.25) is 0 Å². The molecule has 3 heterocycles. The Balaban J connectivity index is 1.65. The van der Waals surface area contributed by atoms with Gasteiger partial charge in [-0.2, -0.15) is 0 Å². The summed E-state index contributed by atoms with van der Waals surface area (Å²) in [6.07, 6.45) is 1.65. The van der Waals surface area contributed by atoms with Crippen LogP contribution in [0.2, 0.25) is 0 Å². The summed E-state index contributed by atoms with van der Waals surface area (Å²) >= 11 is 7.22. The number of carbonyl (C=O) groups excluding carboxylic acids is 2. The number of hydrogen-bond donors (Lipinski definition) is 1. The molecular formula is C13H16ClN3O3S. The number of amides is 3.